The lowest BCUT2D eigenvalue weighted by Gasteiger charge is -2.40. The monoisotopic (exact) mass is 366 g/mol. The summed E-state index contributed by atoms with van der Waals surface area (Å²) in [5.74, 6) is 0.644. The van der Waals surface area contributed by atoms with Crippen LogP contribution in [0.1, 0.15) is 36.6 Å². The highest BCUT2D eigenvalue weighted by Crippen LogP contribution is 2.43. The second kappa shape index (κ2) is 6.59. The summed E-state index contributed by atoms with van der Waals surface area (Å²) in [4.78, 5) is 16.0. The van der Waals surface area contributed by atoms with Gasteiger partial charge in [-0.2, -0.15) is 0 Å². The van der Waals surface area contributed by atoms with Crippen LogP contribution in [-0.2, 0) is 0 Å². The Bertz CT molecular complexity index is 911. The number of ether oxygens (including phenoxy) is 1. The third kappa shape index (κ3) is 2.87. The average Bonchev–Trinajstić information content (AvgIpc) is 3.30. The predicted molar refractivity (Wildman–Crippen MR) is 104 cm³/mol. The fourth-order valence-corrected chi connectivity index (χ4v) is 5.19. The van der Waals surface area contributed by atoms with Crippen molar-refractivity contribution < 1.29 is 4.74 Å². The molecule has 5 nitrogen and oxygen atoms in total. The van der Waals surface area contributed by atoms with Gasteiger partial charge in [-0.05, 0) is 56.5 Å². The molecule has 2 fully saturated rings. The van der Waals surface area contributed by atoms with E-state index in [1.165, 1.54) is 48.5 Å². The van der Waals surface area contributed by atoms with E-state index < -0.39 is 0 Å². The first kappa shape index (κ1) is 16.1. The van der Waals surface area contributed by atoms with Gasteiger partial charge in [0.25, 0.3) is 0 Å². The molecule has 0 atom stereocenters. The first-order valence-corrected chi connectivity index (χ1v) is 10.1. The van der Waals surface area contributed by atoms with Gasteiger partial charge >= 0.3 is 6.01 Å². The number of aromatic nitrogens is 3. The van der Waals surface area contributed by atoms with Crippen molar-refractivity contribution in [3.05, 3.63) is 35.6 Å². The van der Waals surface area contributed by atoms with Crippen LogP contribution in [-0.4, -0.2) is 46.1 Å². The molecule has 0 amide bonds. The van der Waals surface area contributed by atoms with Crippen molar-refractivity contribution in [1.29, 1.82) is 0 Å². The van der Waals surface area contributed by atoms with E-state index in [4.69, 9.17) is 9.72 Å². The fourth-order valence-electron chi connectivity index (χ4n) is 4.06. The molecule has 6 heteroatoms. The highest BCUT2D eigenvalue weighted by atomic mass is 32.1. The first-order chi connectivity index (χ1) is 12.8. The smallest absolute Gasteiger partial charge is 0.316 e. The quantitative estimate of drug-likeness (QED) is 0.696. The maximum atomic E-state index is 5.04. The number of methoxy groups -OCH3 is 1. The number of likely N-dealkylation sites (tertiary alicyclic amines) is 1. The van der Waals surface area contributed by atoms with Gasteiger partial charge in [0, 0.05) is 29.9 Å². The molecule has 0 spiro atoms. The molecule has 1 aromatic carbocycles. The van der Waals surface area contributed by atoms with Crippen LogP contribution in [0.15, 0.2) is 30.6 Å². The van der Waals surface area contributed by atoms with E-state index in [0.717, 1.165) is 22.7 Å². The van der Waals surface area contributed by atoms with E-state index in [2.05, 4.69) is 33.1 Å². The SMILES string of the molecule is COc1ncc(-c2ccc3nc([C@H]4C[C@@H](N5CCCC5)C4)sc3c2)cn1. The predicted octanol–water partition coefficient (Wildman–Crippen LogP) is 4.10. The van der Waals surface area contributed by atoms with Gasteiger partial charge in [-0.1, -0.05) is 6.07 Å². The van der Waals surface area contributed by atoms with Crippen molar-refractivity contribution in [2.24, 2.45) is 0 Å². The van der Waals surface area contributed by atoms with Crippen molar-refractivity contribution in [3.63, 3.8) is 0 Å². The van der Waals surface area contributed by atoms with Gasteiger partial charge in [-0.15, -0.1) is 11.3 Å². The molecule has 2 aliphatic rings. The molecule has 26 heavy (non-hydrogen) atoms. The normalized spacial score (nSPS) is 23.3. The van der Waals surface area contributed by atoms with Crippen LogP contribution in [0.3, 0.4) is 0 Å². The van der Waals surface area contributed by atoms with Gasteiger partial charge in [0.2, 0.25) is 0 Å². The zero-order valence-corrected chi connectivity index (χ0v) is 15.7. The molecule has 0 unspecified atom stereocenters. The summed E-state index contributed by atoms with van der Waals surface area (Å²) < 4.78 is 6.28. The zero-order chi connectivity index (χ0) is 17.5. The average molecular weight is 366 g/mol. The Morgan fingerprint density at radius 3 is 2.58 bits per heavy atom. The Labute approximate surface area is 157 Å². The van der Waals surface area contributed by atoms with E-state index in [9.17, 15) is 0 Å². The highest BCUT2D eigenvalue weighted by Gasteiger charge is 2.37. The molecular weight excluding hydrogens is 344 g/mol. The Hall–Kier alpha value is -2.05. The zero-order valence-electron chi connectivity index (χ0n) is 14.9. The molecule has 0 radical (unpaired) electrons. The fraction of sp³-hybridized carbons (Fsp3) is 0.450. The Morgan fingerprint density at radius 2 is 1.85 bits per heavy atom. The lowest BCUT2D eigenvalue weighted by molar-refractivity contribution is 0.136. The molecule has 3 aromatic rings. The van der Waals surface area contributed by atoms with E-state index in [1.807, 2.05) is 23.7 Å². The Balaban J connectivity index is 1.35. The first-order valence-electron chi connectivity index (χ1n) is 9.31. The van der Waals surface area contributed by atoms with Crippen molar-refractivity contribution >= 4 is 21.6 Å². The van der Waals surface area contributed by atoms with E-state index in [-0.39, 0.29) is 0 Å². The van der Waals surface area contributed by atoms with Crippen LogP contribution in [0, 0.1) is 0 Å². The largest absolute Gasteiger partial charge is 0.467 e. The summed E-state index contributed by atoms with van der Waals surface area (Å²) in [6, 6.07) is 7.61. The summed E-state index contributed by atoms with van der Waals surface area (Å²) >= 11 is 1.85. The number of rotatable bonds is 4. The van der Waals surface area contributed by atoms with Gasteiger partial charge in [-0.25, -0.2) is 15.0 Å². The number of fused-ring (bicyclic) bond motifs is 1. The molecule has 134 valence electrons. The molecule has 0 bridgehead atoms. The molecule has 0 N–H and O–H groups in total. The molecular formula is C20H22N4OS. The molecule has 5 rings (SSSR count). The van der Waals surface area contributed by atoms with Crippen molar-refractivity contribution in [2.45, 2.75) is 37.6 Å². The van der Waals surface area contributed by atoms with E-state index in [0.29, 0.717) is 11.9 Å². The van der Waals surface area contributed by atoms with E-state index >= 15 is 0 Å². The topological polar surface area (TPSA) is 51.1 Å². The third-order valence-electron chi connectivity index (χ3n) is 5.67. The maximum Gasteiger partial charge on any atom is 0.316 e. The van der Waals surface area contributed by atoms with Gasteiger partial charge < -0.3 is 9.64 Å². The maximum absolute atomic E-state index is 5.04. The van der Waals surface area contributed by atoms with Crippen LogP contribution >= 0.6 is 11.3 Å². The number of benzene rings is 1. The van der Waals surface area contributed by atoms with Crippen molar-refractivity contribution in [1.82, 2.24) is 19.9 Å². The van der Waals surface area contributed by atoms with Crippen LogP contribution in [0.4, 0.5) is 0 Å². The van der Waals surface area contributed by atoms with Crippen LogP contribution in [0.5, 0.6) is 6.01 Å². The molecule has 1 saturated carbocycles. The van der Waals surface area contributed by atoms with Gasteiger partial charge in [-0.3, -0.25) is 0 Å². The summed E-state index contributed by atoms with van der Waals surface area (Å²) in [6.07, 6.45) is 8.92. The van der Waals surface area contributed by atoms with Crippen LogP contribution in [0.25, 0.3) is 21.3 Å². The molecule has 1 saturated heterocycles. The second-order valence-electron chi connectivity index (χ2n) is 7.26. The minimum absolute atomic E-state index is 0.396. The van der Waals surface area contributed by atoms with Gasteiger partial charge in [0.1, 0.15) is 0 Å². The molecule has 3 heterocycles. The number of hydrogen-bond donors (Lipinski definition) is 0. The molecule has 1 aliphatic carbocycles. The summed E-state index contributed by atoms with van der Waals surface area (Å²) in [5.41, 5.74) is 3.23. The van der Waals surface area contributed by atoms with Gasteiger partial charge in [0.15, 0.2) is 0 Å². The number of hydrogen-bond acceptors (Lipinski definition) is 6. The molecule has 2 aromatic heterocycles. The van der Waals surface area contributed by atoms with Crippen molar-refractivity contribution in [3.8, 4) is 17.1 Å². The Morgan fingerprint density at radius 1 is 1.08 bits per heavy atom. The second-order valence-corrected chi connectivity index (χ2v) is 8.32. The molecule has 1 aliphatic heterocycles. The minimum Gasteiger partial charge on any atom is -0.467 e. The van der Waals surface area contributed by atoms with Crippen LogP contribution in [0.2, 0.25) is 0 Å². The summed E-state index contributed by atoms with van der Waals surface area (Å²) in [5, 5.41) is 1.30. The number of thiazole rings is 1. The standard InChI is InChI=1S/C20H22N4OS/c1-25-20-21-11-15(12-22-20)13-4-5-17-18(10-13)26-19(23-17)14-8-16(9-14)24-6-2-3-7-24/h4-5,10-12,14,16H,2-3,6-9H2,1H3/t14-,16+. The Kier molecular flexibility index (Phi) is 4.10. The van der Waals surface area contributed by atoms with Crippen molar-refractivity contribution in [2.75, 3.05) is 20.2 Å². The van der Waals surface area contributed by atoms with Gasteiger partial charge in [0.05, 0.1) is 22.3 Å². The lowest BCUT2D eigenvalue weighted by Crippen LogP contribution is -2.42. The summed E-state index contributed by atoms with van der Waals surface area (Å²) in [7, 11) is 1.58. The third-order valence-corrected chi connectivity index (χ3v) is 6.85. The minimum atomic E-state index is 0.396. The highest BCUT2D eigenvalue weighted by molar-refractivity contribution is 7.18. The lowest BCUT2D eigenvalue weighted by atomic mass is 9.80. The van der Waals surface area contributed by atoms with E-state index in [1.54, 1.807) is 7.11 Å². The number of nitrogens with zero attached hydrogens (tertiary/aromatic N) is 4. The van der Waals surface area contributed by atoms with Crippen LogP contribution < -0.4 is 4.74 Å². The summed E-state index contributed by atoms with van der Waals surface area (Å²) in [6.45, 7) is 2.59.